The average Bonchev–Trinajstić information content (AvgIpc) is 2.77. The van der Waals surface area contributed by atoms with E-state index in [9.17, 15) is 13.2 Å². The molecule has 0 bridgehead atoms. The van der Waals surface area contributed by atoms with Gasteiger partial charge in [0.1, 0.15) is 5.82 Å². The minimum atomic E-state index is -0.818. The number of guanidine groups is 1. The highest BCUT2D eigenvalue weighted by Crippen LogP contribution is 2.16. The molecule has 0 aromatic heterocycles. The molecule has 32 heavy (non-hydrogen) atoms. The van der Waals surface area contributed by atoms with Crippen molar-refractivity contribution in [2.75, 3.05) is 27.2 Å². The molecule has 9 heteroatoms. The average molecular weight is 562 g/mol. The Morgan fingerprint density at radius 1 is 1.03 bits per heavy atom. The van der Waals surface area contributed by atoms with Gasteiger partial charge in [-0.1, -0.05) is 12.1 Å². The van der Waals surface area contributed by atoms with Crippen molar-refractivity contribution in [1.29, 1.82) is 0 Å². The third kappa shape index (κ3) is 7.63. The van der Waals surface area contributed by atoms with Crippen LogP contribution in [-0.4, -0.2) is 44.1 Å². The van der Waals surface area contributed by atoms with Crippen LogP contribution in [0.1, 0.15) is 29.5 Å². The zero-order valence-electron chi connectivity index (χ0n) is 18.3. The predicted octanol–water partition coefficient (Wildman–Crippen LogP) is 4.20. The van der Waals surface area contributed by atoms with Crippen LogP contribution in [0.5, 0.6) is 0 Å². The van der Waals surface area contributed by atoms with Gasteiger partial charge in [0.05, 0.1) is 6.61 Å². The van der Waals surface area contributed by atoms with E-state index in [0.29, 0.717) is 24.6 Å². The number of hydrogen-bond donors (Lipinski definition) is 2. The van der Waals surface area contributed by atoms with Gasteiger partial charge in [0, 0.05) is 51.9 Å². The molecule has 5 nitrogen and oxygen atoms in total. The van der Waals surface area contributed by atoms with Crippen molar-refractivity contribution in [1.82, 2.24) is 15.5 Å². The van der Waals surface area contributed by atoms with Crippen molar-refractivity contribution in [3.05, 3.63) is 70.5 Å². The summed E-state index contributed by atoms with van der Waals surface area (Å²) < 4.78 is 45.3. The van der Waals surface area contributed by atoms with E-state index >= 15 is 0 Å². The van der Waals surface area contributed by atoms with E-state index in [4.69, 9.17) is 4.74 Å². The molecule has 1 aliphatic heterocycles. The van der Waals surface area contributed by atoms with Gasteiger partial charge in [-0.2, -0.15) is 0 Å². The van der Waals surface area contributed by atoms with Crippen molar-refractivity contribution in [2.24, 2.45) is 4.99 Å². The Bertz CT molecular complexity index is 905. The SMILES string of the molecule is CN=C(NCc1ccc(F)c(COC)c1)NC1CCN(Cc2ccc(F)c(F)c2)CC1.I. The minimum absolute atomic E-state index is 0. The number of methoxy groups -OCH3 is 1. The lowest BCUT2D eigenvalue weighted by Crippen LogP contribution is -2.48. The molecule has 2 aromatic carbocycles. The van der Waals surface area contributed by atoms with Gasteiger partial charge in [0.25, 0.3) is 0 Å². The van der Waals surface area contributed by atoms with Crippen molar-refractivity contribution < 1.29 is 17.9 Å². The Kier molecular flexibility index (Phi) is 10.7. The molecule has 1 heterocycles. The molecule has 0 atom stereocenters. The summed E-state index contributed by atoms with van der Waals surface area (Å²) in [5, 5.41) is 6.70. The summed E-state index contributed by atoms with van der Waals surface area (Å²) in [4.78, 5) is 6.52. The zero-order chi connectivity index (χ0) is 22.2. The Morgan fingerprint density at radius 3 is 2.38 bits per heavy atom. The van der Waals surface area contributed by atoms with E-state index in [1.165, 1.54) is 18.2 Å². The second-order valence-electron chi connectivity index (χ2n) is 7.73. The molecule has 2 aromatic rings. The number of ether oxygens (including phenoxy) is 1. The van der Waals surface area contributed by atoms with Gasteiger partial charge in [0.2, 0.25) is 0 Å². The van der Waals surface area contributed by atoms with Crippen LogP contribution in [0.2, 0.25) is 0 Å². The number of nitrogens with one attached hydrogen (secondary N) is 2. The van der Waals surface area contributed by atoms with Crippen molar-refractivity contribution in [3.8, 4) is 0 Å². The predicted molar refractivity (Wildman–Crippen MR) is 131 cm³/mol. The van der Waals surface area contributed by atoms with E-state index in [1.54, 1.807) is 32.4 Å². The molecule has 1 saturated heterocycles. The Hall–Kier alpha value is -1.85. The van der Waals surface area contributed by atoms with Crippen LogP contribution in [0, 0.1) is 17.5 Å². The monoisotopic (exact) mass is 562 g/mol. The second kappa shape index (κ2) is 13.0. The van der Waals surface area contributed by atoms with Gasteiger partial charge in [-0.3, -0.25) is 9.89 Å². The third-order valence-electron chi connectivity index (χ3n) is 5.41. The van der Waals surface area contributed by atoms with Crippen molar-refractivity contribution in [3.63, 3.8) is 0 Å². The molecule has 1 fully saturated rings. The molecule has 2 N–H and O–H groups in total. The number of piperidine rings is 1. The molecular formula is C23H30F3IN4O. The first kappa shape index (κ1) is 26.4. The summed E-state index contributed by atoms with van der Waals surface area (Å²) in [6.07, 6.45) is 1.83. The van der Waals surface area contributed by atoms with Crippen LogP contribution < -0.4 is 10.6 Å². The minimum Gasteiger partial charge on any atom is -0.380 e. The van der Waals surface area contributed by atoms with Crippen LogP contribution in [0.15, 0.2) is 41.4 Å². The highest BCUT2D eigenvalue weighted by Gasteiger charge is 2.20. The second-order valence-corrected chi connectivity index (χ2v) is 7.73. The molecule has 0 unspecified atom stereocenters. The maximum absolute atomic E-state index is 13.8. The first-order valence-corrected chi connectivity index (χ1v) is 10.4. The highest BCUT2D eigenvalue weighted by atomic mass is 127. The summed E-state index contributed by atoms with van der Waals surface area (Å²) in [5.41, 5.74) is 2.24. The van der Waals surface area contributed by atoms with E-state index in [0.717, 1.165) is 37.1 Å². The van der Waals surface area contributed by atoms with Gasteiger partial charge in [-0.15, -0.1) is 24.0 Å². The van der Waals surface area contributed by atoms with Gasteiger partial charge in [0.15, 0.2) is 17.6 Å². The van der Waals surface area contributed by atoms with Gasteiger partial charge < -0.3 is 15.4 Å². The number of halogens is 4. The Labute approximate surface area is 204 Å². The van der Waals surface area contributed by atoms with Crippen LogP contribution in [-0.2, 0) is 24.4 Å². The van der Waals surface area contributed by atoms with Crippen LogP contribution in [0.4, 0.5) is 13.2 Å². The smallest absolute Gasteiger partial charge is 0.191 e. The molecule has 0 radical (unpaired) electrons. The topological polar surface area (TPSA) is 48.9 Å². The number of hydrogen-bond acceptors (Lipinski definition) is 3. The first-order valence-electron chi connectivity index (χ1n) is 10.4. The van der Waals surface area contributed by atoms with Gasteiger partial charge in [-0.25, -0.2) is 13.2 Å². The molecule has 0 saturated carbocycles. The third-order valence-corrected chi connectivity index (χ3v) is 5.41. The molecule has 0 aliphatic carbocycles. The van der Waals surface area contributed by atoms with Crippen LogP contribution in [0.25, 0.3) is 0 Å². The van der Waals surface area contributed by atoms with E-state index in [1.807, 2.05) is 0 Å². The maximum Gasteiger partial charge on any atom is 0.191 e. The fraction of sp³-hybridized carbons (Fsp3) is 0.435. The molecule has 1 aliphatic rings. The summed E-state index contributed by atoms with van der Waals surface area (Å²) >= 11 is 0. The maximum atomic E-state index is 13.8. The lowest BCUT2D eigenvalue weighted by molar-refractivity contribution is 0.181. The van der Waals surface area contributed by atoms with Gasteiger partial charge in [-0.05, 0) is 48.2 Å². The fourth-order valence-electron chi connectivity index (χ4n) is 3.71. The van der Waals surface area contributed by atoms with Crippen LogP contribution in [0.3, 0.4) is 0 Å². The number of aliphatic imine (C=N–C) groups is 1. The Balaban J connectivity index is 0.00000363. The zero-order valence-corrected chi connectivity index (χ0v) is 20.7. The highest BCUT2D eigenvalue weighted by molar-refractivity contribution is 14.0. The van der Waals surface area contributed by atoms with Gasteiger partial charge >= 0.3 is 0 Å². The molecule has 0 amide bonds. The molecule has 176 valence electrons. The summed E-state index contributed by atoms with van der Waals surface area (Å²) in [5.74, 6) is -1.21. The molecule has 0 spiro atoms. The standard InChI is InChI=1S/C23H29F3N4O.HI/c1-27-23(28-13-16-3-5-20(24)18(11-16)15-31-2)29-19-7-9-30(10-8-19)14-17-4-6-21(25)22(26)12-17;/h3-6,11-12,19H,7-10,13-15H2,1-2H3,(H2,27,28,29);1H. The van der Waals surface area contributed by atoms with Crippen molar-refractivity contribution in [2.45, 2.75) is 38.6 Å². The summed E-state index contributed by atoms with van der Waals surface area (Å²) in [7, 11) is 3.26. The summed E-state index contributed by atoms with van der Waals surface area (Å²) in [6, 6.07) is 9.31. The van der Waals surface area contributed by atoms with E-state index in [2.05, 4.69) is 20.5 Å². The number of rotatable bonds is 7. The quantitative estimate of drug-likeness (QED) is 0.302. The van der Waals surface area contributed by atoms with Crippen LogP contribution >= 0.6 is 24.0 Å². The first-order chi connectivity index (χ1) is 15.0. The molecule has 3 rings (SSSR count). The summed E-state index contributed by atoms with van der Waals surface area (Å²) in [6.45, 7) is 3.06. The molecular weight excluding hydrogens is 532 g/mol. The normalized spacial score (nSPS) is 15.3. The van der Waals surface area contributed by atoms with E-state index in [-0.39, 0.29) is 42.4 Å². The Morgan fingerprint density at radius 2 is 1.72 bits per heavy atom. The lowest BCUT2D eigenvalue weighted by atomic mass is 10.0. The van der Waals surface area contributed by atoms with Crippen molar-refractivity contribution >= 4 is 29.9 Å². The van der Waals surface area contributed by atoms with E-state index < -0.39 is 11.6 Å². The number of likely N-dealkylation sites (tertiary alicyclic amines) is 1. The largest absolute Gasteiger partial charge is 0.380 e. The lowest BCUT2D eigenvalue weighted by Gasteiger charge is -2.33. The fourth-order valence-corrected chi connectivity index (χ4v) is 3.71. The number of benzene rings is 2. The number of nitrogens with zero attached hydrogens (tertiary/aromatic N) is 2.